The topological polar surface area (TPSA) is 60.5 Å². The first-order valence-corrected chi connectivity index (χ1v) is 11.3. The van der Waals surface area contributed by atoms with Crippen LogP contribution in [0, 0.1) is 5.82 Å². The molecule has 6 nitrogen and oxygen atoms in total. The number of nitrogens with zero attached hydrogens (tertiary/aromatic N) is 3. The molecule has 1 saturated heterocycles. The average Bonchev–Trinajstić information content (AvgIpc) is 2.81. The highest BCUT2D eigenvalue weighted by Crippen LogP contribution is 2.31. The molecule has 1 aromatic heterocycles. The summed E-state index contributed by atoms with van der Waals surface area (Å²) in [5.74, 6) is -0.820. The minimum absolute atomic E-state index is 0.0803. The van der Waals surface area contributed by atoms with E-state index in [4.69, 9.17) is 23.2 Å². The highest BCUT2D eigenvalue weighted by molar-refractivity contribution is 6.33. The van der Waals surface area contributed by atoms with Crippen molar-refractivity contribution in [2.24, 2.45) is 0 Å². The van der Waals surface area contributed by atoms with Crippen LogP contribution < -0.4 is 15.5 Å². The fourth-order valence-electron chi connectivity index (χ4n) is 3.67. The molecule has 1 aliphatic rings. The fourth-order valence-corrected chi connectivity index (χ4v) is 4.15. The lowest BCUT2D eigenvalue weighted by molar-refractivity contribution is 0.0947. The van der Waals surface area contributed by atoms with E-state index in [0.29, 0.717) is 21.3 Å². The van der Waals surface area contributed by atoms with Gasteiger partial charge in [0.2, 0.25) is 0 Å². The number of benzene rings is 2. The third-order valence-electron chi connectivity index (χ3n) is 5.54. The van der Waals surface area contributed by atoms with Gasteiger partial charge in [0, 0.05) is 49.6 Å². The van der Waals surface area contributed by atoms with E-state index in [1.165, 1.54) is 18.2 Å². The van der Waals surface area contributed by atoms with E-state index < -0.39 is 11.7 Å². The van der Waals surface area contributed by atoms with Gasteiger partial charge in [-0.1, -0.05) is 23.2 Å². The molecule has 4 rings (SSSR count). The molecule has 0 radical (unpaired) electrons. The van der Waals surface area contributed by atoms with Crippen molar-refractivity contribution in [1.82, 2.24) is 15.2 Å². The maximum absolute atomic E-state index is 13.5. The van der Waals surface area contributed by atoms with Gasteiger partial charge in [0.1, 0.15) is 5.82 Å². The Morgan fingerprint density at radius 1 is 1.06 bits per heavy atom. The molecule has 0 spiro atoms. The Labute approximate surface area is 202 Å². The van der Waals surface area contributed by atoms with Gasteiger partial charge in [-0.2, -0.15) is 0 Å². The molecule has 0 aliphatic carbocycles. The summed E-state index contributed by atoms with van der Waals surface area (Å²) in [5, 5.41) is 7.00. The molecule has 1 amide bonds. The second-order valence-corrected chi connectivity index (χ2v) is 8.71. The van der Waals surface area contributed by atoms with Crippen LogP contribution in [0.1, 0.15) is 16.1 Å². The van der Waals surface area contributed by atoms with E-state index in [1.807, 2.05) is 18.2 Å². The zero-order valence-electron chi connectivity index (χ0n) is 18.1. The zero-order chi connectivity index (χ0) is 23.4. The third-order valence-corrected chi connectivity index (χ3v) is 6.21. The Morgan fingerprint density at radius 3 is 2.61 bits per heavy atom. The molecule has 1 fully saturated rings. The number of piperazine rings is 1. The normalized spacial score (nSPS) is 14.2. The van der Waals surface area contributed by atoms with Gasteiger partial charge in [0.25, 0.3) is 5.91 Å². The number of hydrogen-bond acceptors (Lipinski definition) is 5. The van der Waals surface area contributed by atoms with Crippen LogP contribution in [0.25, 0.3) is 0 Å². The zero-order valence-corrected chi connectivity index (χ0v) is 19.6. The number of rotatable bonds is 6. The number of hydrogen-bond donors (Lipinski definition) is 2. The predicted molar refractivity (Wildman–Crippen MR) is 131 cm³/mol. The van der Waals surface area contributed by atoms with E-state index in [2.05, 4.69) is 32.5 Å². The lowest BCUT2D eigenvalue weighted by atomic mass is 10.2. The van der Waals surface area contributed by atoms with Crippen molar-refractivity contribution in [1.29, 1.82) is 0 Å². The third kappa shape index (κ3) is 5.74. The van der Waals surface area contributed by atoms with Crippen LogP contribution in [-0.2, 0) is 6.54 Å². The Hall–Kier alpha value is -2.87. The first-order valence-electron chi connectivity index (χ1n) is 10.6. The van der Waals surface area contributed by atoms with E-state index in [0.717, 1.165) is 37.6 Å². The van der Waals surface area contributed by atoms with Gasteiger partial charge in [-0.25, -0.2) is 9.37 Å². The lowest BCUT2D eigenvalue weighted by Gasteiger charge is -2.34. The minimum Gasteiger partial charge on any atom is -0.368 e. The summed E-state index contributed by atoms with van der Waals surface area (Å²) in [7, 11) is 2.11. The summed E-state index contributed by atoms with van der Waals surface area (Å²) >= 11 is 12.7. The molecule has 2 heterocycles. The molecular weight excluding hydrogens is 464 g/mol. The number of pyridine rings is 1. The molecule has 2 aromatic carbocycles. The van der Waals surface area contributed by atoms with Crippen molar-refractivity contribution in [3.05, 3.63) is 81.8 Å². The number of carbonyl (C=O) groups excluding carboxylic acids is 1. The van der Waals surface area contributed by atoms with Crippen LogP contribution in [0.2, 0.25) is 10.0 Å². The smallest absolute Gasteiger partial charge is 0.272 e. The van der Waals surface area contributed by atoms with Crippen molar-refractivity contribution in [3.8, 4) is 0 Å². The largest absolute Gasteiger partial charge is 0.368 e. The van der Waals surface area contributed by atoms with E-state index in [1.54, 1.807) is 18.3 Å². The monoisotopic (exact) mass is 487 g/mol. The van der Waals surface area contributed by atoms with Gasteiger partial charge in [0.15, 0.2) is 5.69 Å². The molecular formula is C24H24Cl2FN5O. The quantitative estimate of drug-likeness (QED) is 0.514. The number of likely N-dealkylation sites (N-methyl/N-ethyl adjacent to an activating group) is 1. The number of nitrogens with one attached hydrogen (secondary N) is 2. The Bertz CT molecular complexity index is 1150. The summed E-state index contributed by atoms with van der Waals surface area (Å²) in [6.45, 7) is 3.91. The molecule has 2 N–H and O–H groups in total. The van der Waals surface area contributed by atoms with E-state index >= 15 is 0 Å². The summed E-state index contributed by atoms with van der Waals surface area (Å²) in [5.41, 5.74) is 2.97. The van der Waals surface area contributed by atoms with Crippen LogP contribution >= 0.6 is 23.2 Å². The summed E-state index contributed by atoms with van der Waals surface area (Å²) in [6.07, 6.45) is 1.54. The number of carbonyl (C=O) groups is 1. The standard InChI is InChI=1S/C24H24Cl2FN5O/c1-31-9-11-32(12-10-31)22-7-5-18(14-20(22)26)30-21-3-2-8-28-23(21)24(33)29-15-16-13-17(27)4-6-19(16)25/h2-8,13-14,30H,9-12,15H2,1H3,(H,29,33). The summed E-state index contributed by atoms with van der Waals surface area (Å²) in [4.78, 5) is 21.6. The average molecular weight is 488 g/mol. The number of aromatic nitrogens is 1. The maximum atomic E-state index is 13.5. The first kappa shape index (κ1) is 23.3. The Kier molecular flexibility index (Phi) is 7.33. The van der Waals surface area contributed by atoms with E-state index in [9.17, 15) is 9.18 Å². The van der Waals surface area contributed by atoms with E-state index in [-0.39, 0.29) is 12.2 Å². The highest BCUT2D eigenvalue weighted by atomic mass is 35.5. The van der Waals surface area contributed by atoms with Gasteiger partial charge in [0.05, 0.1) is 16.4 Å². The Balaban J connectivity index is 1.46. The molecule has 0 unspecified atom stereocenters. The van der Waals surface area contributed by atoms with Crippen LogP contribution in [0.4, 0.5) is 21.5 Å². The van der Waals surface area contributed by atoms with Gasteiger partial charge in [-0.3, -0.25) is 4.79 Å². The van der Waals surface area contributed by atoms with Crippen molar-refractivity contribution in [3.63, 3.8) is 0 Å². The van der Waals surface area contributed by atoms with Gasteiger partial charge in [-0.05, 0) is 61.1 Å². The van der Waals surface area contributed by atoms with Crippen LogP contribution in [0.15, 0.2) is 54.7 Å². The van der Waals surface area contributed by atoms with Crippen LogP contribution in [-0.4, -0.2) is 49.0 Å². The highest BCUT2D eigenvalue weighted by Gasteiger charge is 2.18. The van der Waals surface area contributed by atoms with Crippen molar-refractivity contribution in [2.45, 2.75) is 6.54 Å². The number of amides is 1. The first-order chi connectivity index (χ1) is 15.9. The van der Waals surface area contributed by atoms with Crippen molar-refractivity contribution in [2.75, 3.05) is 43.4 Å². The van der Waals surface area contributed by atoms with Crippen molar-refractivity contribution < 1.29 is 9.18 Å². The predicted octanol–water partition coefficient (Wildman–Crippen LogP) is 4.95. The molecule has 0 atom stereocenters. The molecule has 3 aromatic rings. The van der Waals surface area contributed by atoms with Gasteiger partial charge >= 0.3 is 0 Å². The molecule has 9 heteroatoms. The summed E-state index contributed by atoms with van der Waals surface area (Å²) < 4.78 is 13.5. The van der Waals surface area contributed by atoms with Crippen molar-refractivity contribution >= 4 is 46.2 Å². The molecule has 1 aliphatic heterocycles. The summed E-state index contributed by atoms with van der Waals surface area (Å²) in [6, 6.07) is 13.3. The molecule has 172 valence electrons. The van der Waals surface area contributed by atoms with Gasteiger partial charge < -0.3 is 20.4 Å². The number of anilines is 3. The molecule has 0 saturated carbocycles. The van der Waals surface area contributed by atoms with Crippen LogP contribution in [0.5, 0.6) is 0 Å². The molecule has 33 heavy (non-hydrogen) atoms. The Morgan fingerprint density at radius 2 is 1.85 bits per heavy atom. The lowest BCUT2D eigenvalue weighted by Crippen LogP contribution is -2.44. The maximum Gasteiger partial charge on any atom is 0.272 e. The van der Waals surface area contributed by atoms with Gasteiger partial charge in [-0.15, -0.1) is 0 Å². The fraction of sp³-hybridized carbons (Fsp3) is 0.250. The second-order valence-electron chi connectivity index (χ2n) is 7.90. The second kappa shape index (κ2) is 10.4. The number of halogens is 3. The van der Waals surface area contributed by atoms with Crippen LogP contribution in [0.3, 0.4) is 0 Å². The SMILES string of the molecule is CN1CCN(c2ccc(Nc3cccnc3C(=O)NCc3cc(F)ccc3Cl)cc2Cl)CC1. The minimum atomic E-state index is -0.416. The molecule has 0 bridgehead atoms.